The van der Waals surface area contributed by atoms with E-state index in [1.807, 2.05) is 0 Å². The molecule has 0 aliphatic heterocycles. The van der Waals surface area contributed by atoms with Crippen LogP contribution in [-0.2, 0) is 5.41 Å². The van der Waals surface area contributed by atoms with Crippen molar-refractivity contribution in [3.05, 3.63) is 29.8 Å². The molecule has 1 nitrogen and oxygen atoms in total. The average Bonchev–Trinajstić information content (AvgIpc) is 2.97. The van der Waals surface area contributed by atoms with E-state index in [-0.39, 0.29) is 0 Å². The Hall–Kier alpha value is -0.980. The van der Waals surface area contributed by atoms with E-state index in [0.717, 1.165) is 0 Å². The fourth-order valence-electron chi connectivity index (χ4n) is 2.16. The van der Waals surface area contributed by atoms with Gasteiger partial charge in [0.15, 0.2) is 0 Å². The van der Waals surface area contributed by atoms with E-state index < -0.39 is 0 Å². The maximum atomic E-state index is 9.22. The van der Waals surface area contributed by atoms with Crippen molar-refractivity contribution < 1.29 is 5.11 Å². The zero-order valence-electron chi connectivity index (χ0n) is 8.79. The van der Waals surface area contributed by atoms with E-state index in [1.54, 1.807) is 12.1 Å². The third-order valence-corrected chi connectivity index (χ3v) is 3.34. The minimum Gasteiger partial charge on any atom is -0.508 e. The fourth-order valence-corrected chi connectivity index (χ4v) is 2.16. The molecule has 0 amide bonds. The first-order valence-corrected chi connectivity index (χ1v) is 5.56. The number of hydrogen-bond acceptors (Lipinski definition) is 1. The summed E-state index contributed by atoms with van der Waals surface area (Å²) in [5.74, 6) is 0.375. The van der Waals surface area contributed by atoms with Crippen LogP contribution in [0, 0.1) is 0 Å². The zero-order chi connectivity index (χ0) is 10.0. The molecular weight excluding hydrogens is 172 g/mol. The molecule has 1 N–H and O–H groups in total. The van der Waals surface area contributed by atoms with Gasteiger partial charge in [-0.1, -0.05) is 31.9 Å². The van der Waals surface area contributed by atoms with Crippen LogP contribution in [0.5, 0.6) is 5.75 Å². The number of aromatic hydroxyl groups is 1. The van der Waals surface area contributed by atoms with E-state index in [4.69, 9.17) is 0 Å². The Bertz CT molecular complexity index is 296. The van der Waals surface area contributed by atoms with Gasteiger partial charge in [-0.2, -0.15) is 0 Å². The predicted molar refractivity (Wildman–Crippen MR) is 58.5 cm³/mol. The summed E-state index contributed by atoms with van der Waals surface area (Å²) in [6, 6.07) is 7.78. The molecule has 0 spiro atoms. The lowest BCUT2D eigenvalue weighted by molar-refractivity contribution is 0.474. The Morgan fingerprint density at radius 3 is 2.36 bits per heavy atom. The Morgan fingerprint density at radius 1 is 1.21 bits per heavy atom. The van der Waals surface area contributed by atoms with Crippen LogP contribution in [0.2, 0.25) is 0 Å². The molecule has 1 saturated carbocycles. The highest BCUT2D eigenvalue weighted by atomic mass is 16.3. The number of benzene rings is 1. The summed E-state index contributed by atoms with van der Waals surface area (Å²) in [5.41, 5.74) is 1.90. The third kappa shape index (κ3) is 1.77. The SMILES string of the molecule is CCCCC1(c2ccc(O)cc2)CC1. The molecule has 0 saturated heterocycles. The number of phenols is 1. The maximum Gasteiger partial charge on any atom is 0.115 e. The summed E-state index contributed by atoms with van der Waals surface area (Å²) >= 11 is 0. The second kappa shape index (κ2) is 3.64. The van der Waals surface area contributed by atoms with Crippen LogP contribution < -0.4 is 0 Å². The Balaban J connectivity index is 2.10. The maximum absolute atomic E-state index is 9.22. The van der Waals surface area contributed by atoms with Crippen molar-refractivity contribution in [2.45, 2.75) is 44.4 Å². The molecule has 0 aromatic heterocycles. The predicted octanol–water partition coefficient (Wildman–Crippen LogP) is 3.61. The van der Waals surface area contributed by atoms with E-state index in [1.165, 1.54) is 37.7 Å². The summed E-state index contributed by atoms with van der Waals surface area (Å²) in [6.45, 7) is 2.24. The van der Waals surface area contributed by atoms with Gasteiger partial charge < -0.3 is 5.11 Å². The van der Waals surface area contributed by atoms with Crippen LogP contribution in [0.1, 0.15) is 44.6 Å². The minimum absolute atomic E-state index is 0.375. The van der Waals surface area contributed by atoms with Gasteiger partial charge in [-0.3, -0.25) is 0 Å². The first-order valence-electron chi connectivity index (χ1n) is 5.56. The summed E-state index contributed by atoms with van der Waals surface area (Å²) in [4.78, 5) is 0. The molecule has 14 heavy (non-hydrogen) atoms. The lowest BCUT2D eigenvalue weighted by Gasteiger charge is -2.14. The van der Waals surface area contributed by atoms with E-state index in [2.05, 4.69) is 19.1 Å². The van der Waals surface area contributed by atoms with Crippen LogP contribution >= 0.6 is 0 Å². The second-order valence-corrected chi connectivity index (χ2v) is 4.43. The number of unbranched alkanes of at least 4 members (excludes halogenated alkanes) is 1. The smallest absolute Gasteiger partial charge is 0.115 e. The third-order valence-electron chi connectivity index (χ3n) is 3.34. The Kier molecular flexibility index (Phi) is 2.49. The molecule has 0 unspecified atom stereocenters. The molecule has 1 heteroatoms. The van der Waals surface area contributed by atoms with Crippen molar-refractivity contribution >= 4 is 0 Å². The van der Waals surface area contributed by atoms with Crippen molar-refractivity contribution in [3.8, 4) is 5.75 Å². The van der Waals surface area contributed by atoms with Gasteiger partial charge in [-0.15, -0.1) is 0 Å². The lowest BCUT2D eigenvalue weighted by atomic mass is 9.90. The quantitative estimate of drug-likeness (QED) is 0.769. The summed E-state index contributed by atoms with van der Waals surface area (Å²) in [6.07, 6.45) is 6.57. The van der Waals surface area contributed by atoms with E-state index >= 15 is 0 Å². The topological polar surface area (TPSA) is 20.2 Å². The normalized spacial score (nSPS) is 18.1. The summed E-state index contributed by atoms with van der Waals surface area (Å²) < 4.78 is 0. The summed E-state index contributed by atoms with van der Waals surface area (Å²) in [7, 11) is 0. The molecule has 0 heterocycles. The van der Waals surface area contributed by atoms with Gasteiger partial charge in [0.25, 0.3) is 0 Å². The molecule has 0 bridgehead atoms. The molecule has 1 aromatic carbocycles. The van der Waals surface area contributed by atoms with Crippen LogP contribution in [0.25, 0.3) is 0 Å². The van der Waals surface area contributed by atoms with E-state index in [9.17, 15) is 5.11 Å². The highest BCUT2D eigenvalue weighted by molar-refractivity contribution is 5.35. The minimum atomic E-state index is 0.375. The lowest BCUT2D eigenvalue weighted by Crippen LogP contribution is -2.05. The molecule has 1 aliphatic rings. The zero-order valence-corrected chi connectivity index (χ0v) is 8.79. The van der Waals surface area contributed by atoms with Crippen LogP contribution in [0.3, 0.4) is 0 Å². The standard InChI is InChI=1S/C13H18O/c1-2-3-8-13(9-10-13)11-4-6-12(14)7-5-11/h4-7,14H,2-3,8-10H2,1H3. The van der Waals surface area contributed by atoms with Crippen LogP contribution in [0.15, 0.2) is 24.3 Å². The number of phenolic OH excluding ortho intramolecular Hbond substituents is 1. The van der Waals surface area contributed by atoms with Gasteiger partial charge in [0.05, 0.1) is 0 Å². The van der Waals surface area contributed by atoms with Gasteiger partial charge >= 0.3 is 0 Å². The molecule has 1 aromatic rings. The van der Waals surface area contributed by atoms with Crippen molar-refractivity contribution in [1.82, 2.24) is 0 Å². The van der Waals surface area contributed by atoms with Gasteiger partial charge in [-0.25, -0.2) is 0 Å². The van der Waals surface area contributed by atoms with Crippen molar-refractivity contribution in [3.63, 3.8) is 0 Å². The highest BCUT2D eigenvalue weighted by Crippen LogP contribution is 2.52. The largest absolute Gasteiger partial charge is 0.508 e. The molecule has 0 radical (unpaired) electrons. The van der Waals surface area contributed by atoms with Gasteiger partial charge in [0, 0.05) is 0 Å². The summed E-state index contributed by atoms with van der Waals surface area (Å²) in [5, 5.41) is 9.22. The van der Waals surface area contributed by atoms with Gasteiger partial charge in [0.1, 0.15) is 5.75 Å². The molecule has 0 atom stereocenters. The number of rotatable bonds is 4. The van der Waals surface area contributed by atoms with E-state index in [0.29, 0.717) is 11.2 Å². The highest BCUT2D eigenvalue weighted by Gasteiger charge is 2.42. The van der Waals surface area contributed by atoms with Crippen molar-refractivity contribution in [1.29, 1.82) is 0 Å². The second-order valence-electron chi connectivity index (χ2n) is 4.43. The van der Waals surface area contributed by atoms with Crippen molar-refractivity contribution in [2.75, 3.05) is 0 Å². The van der Waals surface area contributed by atoms with Gasteiger partial charge in [-0.05, 0) is 42.4 Å². The van der Waals surface area contributed by atoms with Crippen LogP contribution in [-0.4, -0.2) is 5.11 Å². The first kappa shape index (κ1) is 9.57. The molecular formula is C13H18O. The average molecular weight is 190 g/mol. The number of hydrogen-bond donors (Lipinski definition) is 1. The van der Waals surface area contributed by atoms with Crippen LogP contribution in [0.4, 0.5) is 0 Å². The Labute approximate surface area is 85.8 Å². The first-order chi connectivity index (χ1) is 6.77. The van der Waals surface area contributed by atoms with Crippen molar-refractivity contribution in [2.24, 2.45) is 0 Å². The Morgan fingerprint density at radius 2 is 1.86 bits per heavy atom. The fraction of sp³-hybridized carbons (Fsp3) is 0.538. The monoisotopic (exact) mass is 190 g/mol. The molecule has 1 aliphatic carbocycles. The molecule has 2 rings (SSSR count). The molecule has 76 valence electrons. The van der Waals surface area contributed by atoms with Gasteiger partial charge in [0.2, 0.25) is 0 Å². The molecule has 1 fully saturated rings.